The molecule has 1 N–H and O–H groups in total. The molecule has 1 aliphatic heterocycles. The maximum atomic E-state index is 4.09. The Hall–Kier alpha value is -1.17. The lowest BCUT2D eigenvalue weighted by atomic mass is 10.1. The van der Waals surface area contributed by atoms with Crippen molar-refractivity contribution in [1.29, 1.82) is 0 Å². The van der Waals surface area contributed by atoms with E-state index < -0.39 is 0 Å². The summed E-state index contributed by atoms with van der Waals surface area (Å²) in [7, 11) is 2.07. The number of hydrogen-bond donors (Lipinski definition) is 1. The van der Waals surface area contributed by atoms with Crippen molar-refractivity contribution in [2.75, 3.05) is 20.1 Å². The number of nitrogens with zero attached hydrogens (tertiary/aromatic N) is 3. The van der Waals surface area contributed by atoms with Crippen LogP contribution >= 0.6 is 11.3 Å². The van der Waals surface area contributed by atoms with Gasteiger partial charge in [-0.3, -0.25) is 4.90 Å². The Bertz CT molecular complexity index is 505. The van der Waals surface area contributed by atoms with Crippen molar-refractivity contribution in [3.05, 3.63) is 35.0 Å². The first-order valence-corrected chi connectivity index (χ1v) is 7.68. The van der Waals surface area contributed by atoms with Crippen LogP contribution in [0.5, 0.6) is 0 Å². The molecule has 0 radical (unpaired) electrons. The quantitative estimate of drug-likeness (QED) is 0.928. The highest BCUT2D eigenvalue weighted by Gasteiger charge is 2.18. The van der Waals surface area contributed by atoms with Gasteiger partial charge in [0.1, 0.15) is 0 Å². The van der Waals surface area contributed by atoms with Crippen molar-refractivity contribution in [2.45, 2.75) is 25.4 Å². The highest BCUT2D eigenvalue weighted by Crippen LogP contribution is 2.21. The highest BCUT2D eigenvalue weighted by molar-refractivity contribution is 7.10. The summed E-state index contributed by atoms with van der Waals surface area (Å²) in [6.07, 6.45) is 8.26. The zero-order chi connectivity index (χ0) is 13.1. The molecule has 0 aliphatic carbocycles. The fourth-order valence-corrected chi connectivity index (χ4v) is 3.56. The molecule has 0 amide bonds. The molecule has 102 valence electrons. The molecule has 0 spiro atoms. The van der Waals surface area contributed by atoms with E-state index in [1.807, 2.05) is 30.1 Å². The third-order valence-corrected chi connectivity index (χ3v) is 4.64. The van der Waals surface area contributed by atoms with E-state index in [-0.39, 0.29) is 0 Å². The van der Waals surface area contributed by atoms with Gasteiger partial charge in [-0.2, -0.15) is 0 Å². The van der Waals surface area contributed by atoms with Crippen LogP contribution in [0.1, 0.15) is 17.7 Å². The van der Waals surface area contributed by atoms with Crippen LogP contribution in [0.15, 0.2) is 30.2 Å². The van der Waals surface area contributed by atoms with Crippen molar-refractivity contribution in [3.63, 3.8) is 0 Å². The summed E-state index contributed by atoms with van der Waals surface area (Å²) in [5, 5.41) is 5.60. The van der Waals surface area contributed by atoms with E-state index in [2.05, 4.69) is 38.3 Å². The summed E-state index contributed by atoms with van der Waals surface area (Å²) >= 11 is 1.84. The van der Waals surface area contributed by atoms with E-state index in [0.29, 0.717) is 6.04 Å². The van der Waals surface area contributed by atoms with Gasteiger partial charge in [-0.15, -0.1) is 11.3 Å². The SMILES string of the molecule is CNC1CCCN(Cc2cc(-n3ccnc3)cs2)C1. The fraction of sp³-hybridized carbons (Fsp3) is 0.500. The lowest BCUT2D eigenvalue weighted by Gasteiger charge is -2.32. The minimum Gasteiger partial charge on any atom is -0.316 e. The number of imidazole rings is 1. The third kappa shape index (κ3) is 3.05. The molecule has 1 unspecified atom stereocenters. The van der Waals surface area contributed by atoms with Crippen molar-refractivity contribution in [1.82, 2.24) is 19.8 Å². The molecule has 0 aromatic carbocycles. The molecule has 5 heteroatoms. The predicted octanol–water partition coefficient (Wildman–Crippen LogP) is 2.12. The van der Waals surface area contributed by atoms with Gasteiger partial charge in [-0.05, 0) is 32.5 Å². The number of nitrogens with one attached hydrogen (secondary N) is 1. The van der Waals surface area contributed by atoms with E-state index in [1.165, 1.54) is 30.0 Å². The second kappa shape index (κ2) is 5.86. The number of rotatable bonds is 4. The van der Waals surface area contributed by atoms with Crippen molar-refractivity contribution < 1.29 is 0 Å². The Labute approximate surface area is 118 Å². The Morgan fingerprint density at radius 1 is 1.53 bits per heavy atom. The zero-order valence-corrected chi connectivity index (χ0v) is 12.1. The lowest BCUT2D eigenvalue weighted by molar-refractivity contribution is 0.189. The van der Waals surface area contributed by atoms with Gasteiger partial charge in [0.15, 0.2) is 0 Å². The Morgan fingerprint density at radius 2 is 2.47 bits per heavy atom. The molecule has 1 saturated heterocycles. The Balaban J connectivity index is 1.64. The molecule has 19 heavy (non-hydrogen) atoms. The summed E-state index contributed by atoms with van der Waals surface area (Å²) in [6, 6.07) is 2.93. The van der Waals surface area contributed by atoms with Crippen LogP contribution in [0.2, 0.25) is 0 Å². The van der Waals surface area contributed by atoms with Gasteiger partial charge >= 0.3 is 0 Å². The van der Waals surface area contributed by atoms with Crippen molar-refractivity contribution in [3.8, 4) is 5.69 Å². The first kappa shape index (κ1) is 12.8. The van der Waals surface area contributed by atoms with Crippen LogP contribution in [-0.4, -0.2) is 40.6 Å². The van der Waals surface area contributed by atoms with Crippen LogP contribution in [-0.2, 0) is 6.54 Å². The summed E-state index contributed by atoms with van der Waals surface area (Å²) in [5.74, 6) is 0. The molecule has 1 atom stereocenters. The fourth-order valence-electron chi connectivity index (χ4n) is 2.65. The first-order valence-electron chi connectivity index (χ1n) is 6.80. The minimum absolute atomic E-state index is 0.654. The van der Waals surface area contributed by atoms with Gasteiger partial charge < -0.3 is 9.88 Å². The van der Waals surface area contributed by atoms with Crippen LogP contribution < -0.4 is 5.32 Å². The maximum Gasteiger partial charge on any atom is 0.0991 e. The second-order valence-electron chi connectivity index (χ2n) is 5.10. The molecule has 2 aromatic heterocycles. The van der Waals surface area contributed by atoms with Gasteiger partial charge in [-0.1, -0.05) is 0 Å². The molecular weight excluding hydrogens is 256 g/mol. The zero-order valence-electron chi connectivity index (χ0n) is 11.2. The van der Waals surface area contributed by atoms with Crippen molar-refractivity contribution in [2.24, 2.45) is 0 Å². The summed E-state index contributed by atoms with van der Waals surface area (Å²) < 4.78 is 2.06. The summed E-state index contributed by atoms with van der Waals surface area (Å²) in [4.78, 5) is 8.07. The van der Waals surface area contributed by atoms with Gasteiger partial charge in [-0.25, -0.2) is 4.98 Å². The minimum atomic E-state index is 0.654. The van der Waals surface area contributed by atoms with E-state index in [0.717, 1.165) is 13.1 Å². The summed E-state index contributed by atoms with van der Waals surface area (Å²) in [6.45, 7) is 3.45. The predicted molar refractivity (Wildman–Crippen MR) is 78.8 cm³/mol. The largest absolute Gasteiger partial charge is 0.316 e. The number of aromatic nitrogens is 2. The number of piperidine rings is 1. The van der Waals surface area contributed by atoms with Crippen LogP contribution in [0.25, 0.3) is 5.69 Å². The first-order chi connectivity index (χ1) is 9.35. The highest BCUT2D eigenvalue weighted by atomic mass is 32.1. The van der Waals surface area contributed by atoms with Gasteiger partial charge in [0.2, 0.25) is 0 Å². The van der Waals surface area contributed by atoms with Crippen LogP contribution in [0.4, 0.5) is 0 Å². The standard InChI is InChI=1S/C14H20N4S/c1-15-12-3-2-5-17(8-12)9-14-7-13(10-19-14)18-6-4-16-11-18/h4,6-7,10-12,15H,2-3,5,8-9H2,1H3. The monoisotopic (exact) mass is 276 g/mol. The second-order valence-corrected chi connectivity index (χ2v) is 6.10. The van der Waals surface area contributed by atoms with Crippen LogP contribution in [0.3, 0.4) is 0 Å². The lowest BCUT2D eigenvalue weighted by Crippen LogP contribution is -2.43. The van der Waals surface area contributed by atoms with E-state index in [4.69, 9.17) is 0 Å². The number of likely N-dealkylation sites (N-methyl/N-ethyl adjacent to an activating group) is 1. The summed E-state index contributed by atoms with van der Waals surface area (Å²) in [5.41, 5.74) is 1.22. The van der Waals surface area contributed by atoms with Gasteiger partial charge in [0, 0.05) is 41.8 Å². The van der Waals surface area contributed by atoms with E-state index >= 15 is 0 Å². The number of hydrogen-bond acceptors (Lipinski definition) is 4. The molecule has 1 aliphatic rings. The average Bonchev–Trinajstić information content (AvgIpc) is 3.09. The molecule has 0 bridgehead atoms. The normalized spacial score (nSPS) is 20.8. The molecule has 1 fully saturated rings. The number of likely N-dealkylation sites (tertiary alicyclic amines) is 1. The molecular formula is C14H20N4S. The molecule has 3 rings (SSSR count). The molecule has 3 heterocycles. The Kier molecular flexibility index (Phi) is 3.96. The number of thiophene rings is 1. The topological polar surface area (TPSA) is 33.1 Å². The molecule has 2 aromatic rings. The third-order valence-electron chi connectivity index (χ3n) is 3.74. The smallest absolute Gasteiger partial charge is 0.0991 e. The van der Waals surface area contributed by atoms with E-state index in [1.54, 1.807) is 0 Å². The Morgan fingerprint density at radius 3 is 3.26 bits per heavy atom. The van der Waals surface area contributed by atoms with Crippen LogP contribution in [0, 0.1) is 0 Å². The van der Waals surface area contributed by atoms with E-state index in [9.17, 15) is 0 Å². The molecule has 4 nitrogen and oxygen atoms in total. The molecule has 0 saturated carbocycles. The van der Waals surface area contributed by atoms with Gasteiger partial charge in [0.05, 0.1) is 12.0 Å². The average molecular weight is 276 g/mol. The maximum absolute atomic E-state index is 4.09. The van der Waals surface area contributed by atoms with Gasteiger partial charge in [0.25, 0.3) is 0 Å². The van der Waals surface area contributed by atoms with Crippen molar-refractivity contribution >= 4 is 11.3 Å².